The van der Waals surface area contributed by atoms with Crippen LogP contribution in [0.3, 0.4) is 0 Å². The lowest BCUT2D eigenvalue weighted by atomic mass is 10.3. The van der Waals surface area contributed by atoms with Gasteiger partial charge in [-0.3, -0.25) is 9.59 Å². The van der Waals surface area contributed by atoms with E-state index >= 15 is 0 Å². The van der Waals surface area contributed by atoms with Crippen LogP contribution in [0.15, 0.2) is 33.4 Å². The normalized spacial score (nSPS) is 10.5. The van der Waals surface area contributed by atoms with Crippen LogP contribution in [0.4, 0.5) is 0 Å². The Kier molecular flexibility index (Phi) is 5.31. The zero-order valence-electron chi connectivity index (χ0n) is 12.3. The van der Waals surface area contributed by atoms with Crippen LogP contribution < -0.4 is 0 Å². The molecule has 0 saturated carbocycles. The van der Waals surface area contributed by atoms with E-state index in [4.69, 9.17) is 13.7 Å². The van der Waals surface area contributed by atoms with Crippen molar-refractivity contribution in [3.63, 3.8) is 0 Å². The summed E-state index contributed by atoms with van der Waals surface area (Å²) < 4.78 is 19.8. The zero-order chi connectivity index (χ0) is 15.9. The van der Waals surface area contributed by atoms with Crippen molar-refractivity contribution in [1.82, 2.24) is 10.1 Å². The van der Waals surface area contributed by atoms with Crippen LogP contribution in [0.2, 0.25) is 0 Å². The quantitative estimate of drug-likeness (QED) is 0.709. The van der Waals surface area contributed by atoms with Crippen molar-refractivity contribution in [3.8, 4) is 11.5 Å². The van der Waals surface area contributed by atoms with Crippen molar-refractivity contribution in [2.45, 2.75) is 0 Å². The van der Waals surface area contributed by atoms with E-state index in [1.54, 1.807) is 12.1 Å². The molecule has 2 aromatic heterocycles. The Bertz CT molecular complexity index is 619. The highest BCUT2D eigenvalue weighted by molar-refractivity contribution is 5.94. The summed E-state index contributed by atoms with van der Waals surface area (Å²) in [6, 6.07) is 4.84. The minimum atomic E-state index is -0.529. The molecule has 8 heteroatoms. The molecular weight excluding hydrogens is 292 g/mol. The number of carbonyl (C=O) groups excluding carboxylic acids is 2. The molecule has 2 aromatic rings. The minimum absolute atomic E-state index is 0.0754. The first-order valence-corrected chi connectivity index (χ1v) is 6.51. The van der Waals surface area contributed by atoms with E-state index < -0.39 is 11.9 Å². The fraction of sp³-hybridized carbons (Fsp3) is 0.357. The van der Waals surface area contributed by atoms with Gasteiger partial charge in [-0.05, 0) is 12.1 Å². The monoisotopic (exact) mass is 308 g/mol. The van der Waals surface area contributed by atoms with E-state index in [9.17, 15) is 9.59 Å². The van der Waals surface area contributed by atoms with Crippen LogP contribution in [0.5, 0.6) is 0 Å². The SMILES string of the molecule is COCCN(CC(=O)OC)C(=O)c1cc(-c2ccco2)on1. The van der Waals surface area contributed by atoms with Crippen molar-refractivity contribution in [2.24, 2.45) is 0 Å². The Morgan fingerprint density at radius 1 is 1.32 bits per heavy atom. The highest BCUT2D eigenvalue weighted by Gasteiger charge is 2.23. The predicted octanol–water partition coefficient (Wildman–Crippen LogP) is 1.20. The van der Waals surface area contributed by atoms with Crippen molar-refractivity contribution in [1.29, 1.82) is 0 Å². The first-order valence-electron chi connectivity index (χ1n) is 6.51. The zero-order valence-corrected chi connectivity index (χ0v) is 12.3. The molecule has 22 heavy (non-hydrogen) atoms. The summed E-state index contributed by atoms with van der Waals surface area (Å²) in [5.41, 5.74) is 0.0754. The molecule has 118 valence electrons. The van der Waals surface area contributed by atoms with Gasteiger partial charge in [0.1, 0.15) is 6.54 Å². The van der Waals surface area contributed by atoms with Crippen LogP contribution >= 0.6 is 0 Å². The largest absolute Gasteiger partial charge is 0.468 e. The van der Waals surface area contributed by atoms with Gasteiger partial charge in [-0.25, -0.2) is 0 Å². The highest BCUT2D eigenvalue weighted by atomic mass is 16.5. The summed E-state index contributed by atoms with van der Waals surface area (Å²) >= 11 is 0. The number of nitrogens with zero attached hydrogens (tertiary/aromatic N) is 2. The lowest BCUT2D eigenvalue weighted by Gasteiger charge is -2.19. The maximum absolute atomic E-state index is 12.4. The van der Waals surface area contributed by atoms with Gasteiger partial charge in [0.25, 0.3) is 5.91 Å². The van der Waals surface area contributed by atoms with Crippen LogP contribution in [0.25, 0.3) is 11.5 Å². The number of esters is 1. The Morgan fingerprint density at radius 3 is 2.77 bits per heavy atom. The molecule has 2 rings (SSSR count). The smallest absolute Gasteiger partial charge is 0.325 e. The van der Waals surface area contributed by atoms with Gasteiger partial charge >= 0.3 is 5.97 Å². The van der Waals surface area contributed by atoms with Crippen LogP contribution in [-0.4, -0.2) is 55.8 Å². The molecular formula is C14H16N2O6. The second-order valence-corrected chi connectivity index (χ2v) is 4.35. The fourth-order valence-electron chi connectivity index (χ4n) is 1.75. The summed E-state index contributed by atoms with van der Waals surface area (Å²) in [6.07, 6.45) is 1.49. The van der Waals surface area contributed by atoms with E-state index in [0.717, 1.165) is 0 Å². The van der Waals surface area contributed by atoms with Crippen molar-refractivity contribution in [2.75, 3.05) is 33.9 Å². The van der Waals surface area contributed by atoms with E-state index in [1.165, 1.54) is 31.4 Å². The van der Waals surface area contributed by atoms with E-state index in [1.807, 2.05) is 0 Å². The maximum Gasteiger partial charge on any atom is 0.325 e. The Balaban J connectivity index is 2.13. The Morgan fingerprint density at radius 2 is 2.14 bits per heavy atom. The van der Waals surface area contributed by atoms with Crippen LogP contribution in [-0.2, 0) is 14.3 Å². The average molecular weight is 308 g/mol. The topological polar surface area (TPSA) is 95.0 Å². The van der Waals surface area contributed by atoms with Gasteiger partial charge in [-0.2, -0.15) is 0 Å². The average Bonchev–Trinajstić information content (AvgIpc) is 3.20. The second-order valence-electron chi connectivity index (χ2n) is 4.35. The van der Waals surface area contributed by atoms with Gasteiger partial charge in [0, 0.05) is 19.7 Å². The lowest BCUT2D eigenvalue weighted by Crippen LogP contribution is -2.38. The maximum atomic E-state index is 12.4. The predicted molar refractivity (Wildman–Crippen MR) is 74.0 cm³/mol. The Labute approximate surface area is 126 Å². The summed E-state index contributed by atoms with van der Waals surface area (Å²) in [5, 5.41) is 3.72. The van der Waals surface area contributed by atoms with Crippen molar-refractivity contribution >= 4 is 11.9 Å². The molecule has 2 heterocycles. The molecule has 0 unspecified atom stereocenters. The van der Waals surface area contributed by atoms with Crippen molar-refractivity contribution < 1.29 is 28.0 Å². The number of methoxy groups -OCH3 is 2. The van der Waals surface area contributed by atoms with Gasteiger partial charge in [-0.1, -0.05) is 5.16 Å². The molecule has 0 atom stereocenters. The fourth-order valence-corrected chi connectivity index (χ4v) is 1.75. The van der Waals surface area contributed by atoms with Gasteiger partial charge in [0.05, 0.1) is 20.0 Å². The number of aromatic nitrogens is 1. The lowest BCUT2D eigenvalue weighted by molar-refractivity contribution is -0.141. The van der Waals surface area contributed by atoms with Crippen LogP contribution in [0.1, 0.15) is 10.5 Å². The first-order chi connectivity index (χ1) is 10.7. The van der Waals surface area contributed by atoms with Crippen molar-refractivity contribution in [3.05, 3.63) is 30.2 Å². The summed E-state index contributed by atoms with van der Waals surface area (Å²) in [7, 11) is 2.76. The molecule has 0 bridgehead atoms. The number of amides is 1. The van der Waals surface area contributed by atoms with Gasteiger partial charge in [-0.15, -0.1) is 0 Å². The number of ether oxygens (including phenoxy) is 2. The van der Waals surface area contributed by atoms with Gasteiger partial charge in [0.15, 0.2) is 11.5 Å². The third-order valence-corrected chi connectivity index (χ3v) is 2.89. The minimum Gasteiger partial charge on any atom is -0.468 e. The van der Waals surface area contributed by atoms with Crippen LogP contribution in [0, 0.1) is 0 Å². The summed E-state index contributed by atoms with van der Waals surface area (Å²) in [5.74, 6) is -0.190. The first kappa shape index (κ1) is 15.8. The molecule has 0 aromatic carbocycles. The molecule has 0 aliphatic carbocycles. The molecule has 1 amide bonds. The molecule has 0 radical (unpaired) electrons. The number of carbonyl (C=O) groups is 2. The van der Waals surface area contributed by atoms with E-state index in [2.05, 4.69) is 9.89 Å². The molecule has 0 N–H and O–H groups in total. The number of furan rings is 1. The summed E-state index contributed by atoms with van der Waals surface area (Å²) in [6.45, 7) is 0.320. The third-order valence-electron chi connectivity index (χ3n) is 2.89. The Hall–Kier alpha value is -2.61. The van der Waals surface area contributed by atoms with Gasteiger partial charge < -0.3 is 23.3 Å². The molecule has 0 spiro atoms. The van der Waals surface area contributed by atoms with E-state index in [0.29, 0.717) is 11.5 Å². The van der Waals surface area contributed by atoms with E-state index in [-0.39, 0.29) is 25.4 Å². The number of hydrogen-bond donors (Lipinski definition) is 0. The standard InChI is InChI=1S/C14H16N2O6/c1-19-7-5-16(9-13(17)20-2)14(18)10-8-12(22-15-10)11-4-3-6-21-11/h3-4,6,8H,5,7,9H2,1-2H3. The summed E-state index contributed by atoms with van der Waals surface area (Å²) in [4.78, 5) is 25.1. The molecule has 0 saturated heterocycles. The molecule has 8 nitrogen and oxygen atoms in total. The second kappa shape index (κ2) is 7.41. The highest BCUT2D eigenvalue weighted by Crippen LogP contribution is 2.21. The number of rotatable bonds is 7. The van der Waals surface area contributed by atoms with Gasteiger partial charge in [0.2, 0.25) is 5.76 Å². The molecule has 0 fully saturated rings. The molecule has 0 aliphatic rings. The molecule has 0 aliphatic heterocycles. The third kappa shape index (κ3) is 3.73. The number of hydrogen-bond acceptors (Lipinski definition) is 7.